The summed E-state index contributed by atoms with van der Waals surface area (Å²) in [6.45, 7) is 6.16. The van der Waals surface area contributed by atoms with Gasteiger partial charge in [-0.2, -0.15) is 0 Å². The highest BCUT2D eigenvalue weighted by molar-refractivity contribution is 14.0. The smallest absolute Gasteiger partial charge is 0.194 e. The summed E-state index contributed by atoms with van der Waals surface area (Å²) in [6.07, 6.45) is 5.66. The van der Waals surface area contributed by atoms with Crippen LogP contribution in [0.3, 0.4) is 0 Å². The van der Waals surface area contributed by atoms with E-state index in [1.807, 2.05) is 18.5 Å². The van der Waals surface area contributed by atoms with Gasteiger partial charge in [-0.25, -0.2) is 4.98 Å². The van der Waals surface area contributed by atoms with Crippen molar-refractivity contribution in [1.29, 1.82) is 0 Å². The lowest BCUT2D eigenvalue weighted by Gasteiger charge is -2.32. The maximum atomic E-state index is 5.51. The van der Waals surface area contributed by atoms with Crippen LogP contribution in [0.4, 0.5) is 0 Å². The largest absolute Gasteiger partial charge is 0.493 e. The lowest BCUT2D eigenvalue weighted by Crippen LogP contribution is -2.44. The number of aliphatic imine (C=N–C) groups is 1. The van der Waals surface area contributed by atoms with E-state index in [0.717, 1.165) is 62.3 Å². The van der Waals surface area contributed by atoms with E-state index in [1.165, 1.54) is 16.7 Å². The summed E-state index contributed by atoms with van der Waals surface area (Å²) in [4.78, 5) is 11.8. The molecular weight excluding hydrogens is 541 g/mol. The number of nitrogens with one attached hydrogen (secondary N) is 1. The molecule has 1 aromatic heterocycles. The van der Waals surface area contributed by atoms with E-state index in [4.69, 9.17) is 14.5 Å². The van der Waals surface area contributed by atoms with Crippen molar-refractivity contribution in [2.45, 2.75) is 32.9 Å². The molecule has 0 amide bonds. The normalized spacial score (nSPS) is 13.1. The van der Waals surface area contributed by atoms with Crippen molar-refractivity contribution in [3.8, 4) is 11.5 Å². The van der Waals surface area contributed by atoms with E-state index in [-0.39, 0.29) is 24.0 Å². The van der Waals surface area contributed by atoms with Gasteiger partial charge < -0.3 is 24.3 Å². The molecule has 7 nitrogen and oxygen atoms in total. The molecule has 1 aliphatic heterocycles. The summed E-state index contributed by atoms with van der Waals surface area (Å²) in [5.41, 5.74) is 3.83. The molecule has 0 aliphatic carbocycles. The molecule has 0 radical (unpaired) electrons. The van der Waals surface area contributed by atoms with Crippen molar-refractivity contribution >= 4 is 29.9 Å². The number of benzene rings is 2. The first-order valence-electron chi connectivity index (χ1n) is 11.5. The van der Waals surface area contributed by atoms with Gasteiger partial charge in [0.1, 0.15) is 5.82 Å². The van der Waals surface area contributed by atoms with E-state index in [9.17, 15) is 0 Å². The highest BCUT2D eigenvalue weighted by Gasteiger charge is 2.21. The molecule has 0 unspecified atom stereocenters. The number of methoxy groups -OCH3 is 2. The fourth-order valence-corrected chi connectivity index (χ4v) is 4.24. The molecule has 0 spiro atoms. The van der Waals surface area contributed by atoms with Crippen LogP contribution in [0, 0.1) is 0 Å². The van der Waals surface area contributed by atoms with Gasteiger partial charge in [0, 0.05) is 51.5 Å². The monoisotopic (exact) mass is 575 g/mol. The van der Waals surface area contributed by atoms with Crippen LogP contribution in [0.5, 0.6) is 11.5 Å². The molecule has 2 heterocycles. The van der Waals surface area contributed by atoms with E-state index < -0.39 is 0 Å². The highest BCUT2D eigenvalue weighted by atomic mass is 127. The zero-order chi connectivity index (χ0) is 23.0. The standard InChI is InChI=1S/C26H33N5O2.HI/c1-4-27-26(31-14-11-21-16-23(32-2)24(33-3)17-22(21)19-31)29-12-10-25-28-13-15-30(25)18-20-8-6-5-7-9-20;/h5-9,13,15-17H,4,10-12,14,18-19H2,1-3H3,(H,27,29);1H. The van der Waals surface area contributed by atoms with Crippen molar-refractivity contribution in [2.24, 2.45) is 4.99 Å². The zero-order valence-corrected chi connectivity index (χ0v) is 22.5. The van der Waals surface area contributed by atoms with Crippen LogP contribution in [0.25, 0.3) is 0 Å². The average Bonchev–Trinajstić information content (AvgIpc) is 3.29. The van der Waals surface area contributed by atoms with Crippen LogP contribution < -0.4 is 14.8 Å². The first-order chi connectivity index (χ1) is 16.2. The molecule has 0 saturated carbocycles. The number of fused-ring (bicyclic) bond motifs is 1. The Morgan fingerprint density at radius 3 is 2.53 bits per heavy atom. The number of guanidine groups is 1. The predicted octanol–water partition coefficient (Wildman–Crippen LogP) is 4.13. The summed E-state index contributed by atoms with van der Waals surface area (Å²) in [7, 11) is 3.36. The van der Waals surface area contributed by atoms with Crippen molar-refractivity contribution < 1.29 is 9.47 Å². The van der Waals surface area contributed by atoms with Gasteiger partial charge in [0.05, 0.1) is 14.2 Å². The molecule has 8 heteroatoms. The Morgan fingerprint density at radius 1 is 1.09 bits per heavy atom. The molecule has 34 heavy (non-hydrogen) atoms. The van der Waals surface area contributed by atoms with Crippen LogP contribution in [-0.2, 0) is 25.9 Å². The summed E-state index contributed by atoms with van der Waals surface area (Å²) in [5, 5.41) is 3.46. The minimum Gasteiger partial charge on any atom is -0.493 e. The number of halogens is 1. The van der Waals surface area contributed by atoms with Gasteiger partial charge in [0.25, 0.3) is 0 Å². The Kier molecular flexibility index (Phi) is 9.62. The second-order valence-electron chi connectivity index (χ2n) is 8.09. The van der Waals surface area contributed by atoms with Gasteiger partial charge in [0.2, 0.25) is 0 Å². The minimum atomic E-state index is 0. The molecule has 182 valence electrons. The summed E-state index contributed by atoms with van der Waals surface area (Å²) >= 11 is 0. The number of rotatable bonds is 8. The van der Waals surface area contributed by atoms with Gasteiger partial charge in [0.15, 0.2) is 17.5 Å². The number of hydrogen-bond acceptors (Lipinski definition) is 4. The number of nitrogens with zero attached hydrogens (tertiary/aromatic N) is 4. The lowest BCUT2D eigenvalue weighted by atomic mass is 9.99. The summed E-state index contributed by atoms with van der Waals surface area (Å²) < 4.78 is 13.2. The lowest BCUT2D eigenvalue weighted by molar-refractivity contribution is 0.346. The molecule has 1 aliphatic rings. The third-order valence-electron chi connectivity index (χ3n) is 5.95. The van der Waals surface area contributed by atoms with Crippen molar-refractivity contribution in [3.63, 3.8) is 0 Å². The Morgan fingerprint density at radius 2 is 1.82 bits per heavy atom. The van der Waals surface area contributed by atoms with Crippen molar-refractivity contribution in [3.05, 3.63) is 77.4 Å². The van der Waals surface area contributed by atoms with E-state index in [1.54, 1.807) is 14.2 Å². The van der Waals surface area contributed by atoms with Crippen LogP contribution in [0.1, 0.15) is 29.4 Å². The molecule has 0 bridgehead atoms. The molecule has 0 saturated heterocycles. The van der Waals surface area contributed by atoms with E-state index in [2.05, 4.69) is 63.1 Å². The Labute approximate surface area is 219 Å². The maximum absolute atomic E-state index is 5.51. The number of hydrogen-bond donors (Lipinski definition) is 1. The van der Waals surface area contributed by atoms with Gasteiger partial charge in [-0.05, 0) is 42.2 Å². The molecule has 2 aromatic carbocycles. The fourth-order valence-electron chi connectivity index (χ4n) is 4.24. The second-order valence-corrected chi connectivity index (χ2v) is 8.09. The number of ether oxygens (including phenoxy) is 2. The fraction of sp³-hybridized carbons (Fsp3) is 0.385. The molecule has 0 atom stereocenters. The van der Waals surface area contributed by atoms with Crippen molar-refractivity contribution in [1.82, 2.24) is 19.8 Å². The Bertz CT molecular complexity index is 1080. The van der Waals surface area contributed by atoms with E-state index in [0.29, 0.717) is 6.54 Å². The van der Waals surface area contributed by atoms with Crippen molar-refractivity contribution in [2.75, 3.05) is 33.9 Å². The van der Waals surface area contributed by atoms with Crippen LogP contribution in [0.2, 0.25) is 0 Å². The summed E-state index contributed by atoms with van der Waals surface area (Å²) in [6, 6.07) is 14.7. The first-order valence-corrected chi connectivity index (χ1v) is 11.5. The average molecular weight is 575 g/mol. The molecule has 3 aromatic rings. The quantitative estimate of drug-likeness (QED) is 0.249. The molecule has 4 rings (SSSR count). The highest BCUT2D eigenvalue weighted by Crippen LogP contribution is 2.33. The first kappa shape index (κ1) is 25.9. The Balaban J connectivity index is 0.00000324. The minimum absolute atomic E-state index is 0. The van der Waals surface area contributed by atoms with Gasteiger partial charge in [-0.15, -0.1) is 24.0 Å². The Hall–Kier alpha value is -2.75. The van der Waals surface area contributed by atoms with E-state index >= 15 is 0 Å². The molecule has 1 N–H and O–H groups in total. The van der Waals surface area contributed by atoms with Crippen LogP contribution in [-0.4, -0.2) is 54.3 Å². The van der Waals surface area contributed by atoms with Gasteiger partial charge >= 0.3 is 0 Å². The topological polar surface area (TPSA) is 63.9 Å². The third kappa shape index (κ3) is 6.22. The third-order valence-corrected chi connectivity index (χ3v) is 5.95. The SMILES string of the molecule is CCNC(=NCCc1nccn1Cc1ccccc1)N1CCc2cc(OC)c(OC)cc2C1.I. The van der Waals surface area contributed by atoms with Crippen LogP contribution >= 0.6 is 24.0 Å². The molecule has 0 fully saturated rings. The predicted molar refractivity (Wildman–Crippen MR) is 147 cm³/mol. The molecular formula is C26H34IN5O2. The zero-order valence-electron chi connectivity index (χ0n) is 20.2. The van der Waals surface area contributed by atoms with Gasteiger partial charge in [-0.1, -0.05) is 30.3 Å². The van der Waals surface area contributed by atoms with Crippen LogP contribution in [0.15, 0.2) is 59.9 Å². The summed E-state index contributed by atoms with van der Waals surface area (Å²) in [5.74, 6) is 3.56. The number of imidazole rings is 1. The second kappa shape index (κ2) is 12.6. The maximum Gasteiger partial charge on any atom is 0.194 e. The van der Waals surface area contributed by atoms with Gasteiger partial charge in [-0.3, -0.25) is 4.99 Å². The number of aromatic nitrogens is 2.